The summed E-state index contributed by atoms with van der Waals surface area (Å²) in [5.41, 5.74) is 1.56. The van der Waals surface area contributed by atoms with Crippen molar-refractivity contribution in [2.24, 2.45) is 0 Å². The lowest BCUT2D eigenvalue weighted by molar-refractivity contribution is 0.513. The Kier molecular flexibility index (Phi) is 5.20. The van der Waals surface area contributed by atoms with Crippen LogP contribution in [-0.2, 0) is 0 Å². The Bertz CT molecular complexity index is 568. The maximum atomic E-state index is 13.9. The van der Waals surface area contributed by atoms with Crippen LogP contribution in [0.15, 0.2) is 18.2 Å². The number of hydrogen-bond donors (Lipinski definition) is 1. The fraction of sp³-hybridized carbons (Fsp3) is 0.467. The molecule has 1 heterocycles. The summed E-state index contributed by atoms with van der Waals surface area (Å²) >= 11 is 1.47. The first-order valence-electron chi connectivity index (χ1n) is 6.99. The number of aromatic nitrogens is 2. The van der Waals surface area contributed by atoms with Crippen molar-refractivity contribution in [2.45, 2.75) is 39.7 Å². The van der Waals surface area contributed by atoms with Gasteiger partial charge in [-0.1, -0.05) is 36.8 Å². The second kappa shape index (κ2) is 6.90. The third-order valence-electron chi connectivity index (χ3n) is 3.14. The largest absolute Gasteiger partial charge is 0.308 e. The molecular weight excluding hydrogens is 273 g/mol. The molecule has 1 aromatic carbocycles. The molecule has 1 atom stereocenters. The lowest BCUT2D eigenvalue weighted by atomic mass is 10.1. The molecule has 0 radical (unpaired) electrons. The third-order valence-corrected chi connectivity index (χ3v) is 4.21. The van der Waals surface area contributed by atoms with Gasteiger partial charge in [-0.05, 0) is 38.4 Å². The number of benzene rings is 1. The van der Waals surface area contributed by atoms with E-state index in [1.165, 1.54) is 17.4 Å². The second-order valence-corrected chi connectivity index (χ2v) is 5.85. The molecule has 0 saturated heterocycles. The van der Waals surface area contributed by atoms with Gasteiger partial charge in [0.1, 0.15) is 10.8 Å². The molecule has 0 aliphatic heterocycles. The number of aryl methyl sites for hydroxylation is 1. The van der Waals surface area contributed by atoms with Crippen molar-refractivity contribution in [2.75, 3.05) is 6.54 Å². The molecule has 0 aliphatic carbocycles. The van der Waals surface area contributed by atoms with E-state index in [9.17, 15) is 4.39 Å². The van der Waals surface area contributed by atoms with Crippen LogP contribution in [0.25, 0.3) is 10.6 Å². The van der Waals surface area contributed by atoms with Gasteiger partial charge < -0.3 is 5.32 Å². The predicted molar refractivity (Wildman–Crippen MR) is 81.4 cm³/mol. The topological polar surface area (TPSA) is 37.8 Å². The van der Waals surface area contributed by atoms with Gasteiger partial charge in [0.05, 0.1) is 6.04 Å². The van der Waals surface area contributed by atoms with Crippen molar-refractivity contribution in [1.82, 2.24) is 15.5 Å². The van der Waals surface area contributed by atoms with E-state index in [0.717, 1.165) is 30.0 Å². The van der Waals surface area contributed by atoms with Crippen LogP contribution in [0.3, 0.4) is 0 Å². The van der Waals surface area contributed by atoms with E-state index in [4.69, 9.17) is 0 Å². The molecule has 3 nitrogen and oxygen atoms in total. The van der Waals surface area contributed by atoms with Crippen molar-refractivity contribution in [3.63, 3.8) is 0 Å². The molecule has 2 aromatic rings. The zero-order valence-electron chi connectivity index (χ0n) is 12.1. The zero-order chi connectivity index (χ0) is 14.5. The van der Waals surface area contributed by atoms with Crippen LogP contribution in [-0.4, -0.2) is 16.7 Å². The summed E-state index contributed by atoms with van der Waals surface area (Å²) in [6.07, 6.45) is 2.03. The smallest absolute Gasteiger partial charge is 0.150 e. The molecule has 1 unspecified atom stereocenters. The highest BCUT2D eigenvalue weighted by molar-refractivity contribution is 7.14. The van der Waals surface area contributed by atoms with Crippen molar-refractivity contribution < 1.29 is 4.39 Å². The summed E-state index contributed by atoms with van der Waals surface area (Å²) in [4.78, 5) is 0. The van der Waals surface area contributed by atoms with Gasteiger partial charge in [-0.3, -0.25) is 0 Å². The fourth-order valence-electron chi connectivity index (χ4n) is 2.01. The van der Waals surface area contributed by atoms with Crippen molar-refractivity contribution in [1.29, 1.82) is 0 Å². The summed E-state index contributed by atoms with van der Waals surface area (Å²) in [5.74, 6) is -0.243. The molecule has 2 rings (SSSR count). The van der Waals surface area contributed by atoms with E-state index >= 15 is 0 Å². The highest BCUT2D eigenvalue weighted by Gasteiger charge is 2.16. The predicted octanol–water partition coefficient (Wildman–Crippen LogP) is 4.10. The quantitative estimate of drug-likeness (QED) is 0.871. The number of halogens is 1. The van der Waals surface area contributed by atoms with Crippen molar-refractivity contribution >= 4 is 11.3 Å². The normalized spacial score (nSPS) is 12.6. The first-order chi connectivity index (χ1) is 9.65. The van der Waals surface area contributed by atoms with Crippen LogP contribution in [0.5, 0.6) is 0 Å². The van der Waals surface area contributed by atoms with Crippen LogP contribution in [0.4, 0.5) is 4.39 Å². The molecule has 5 heteroatoms. The molecule has 0 saturated carbocycles. The minimum Gasteiger partial charge on any atom is -0.308 e. The number of rotatable bonds is 6. The van der Waals surface area contributed by atoms with Crippen LogP contribution >= 0.6 is 11.3 Å². The van der Waals surface area contributed by atoms with Gasteiger partial charge in [-0.15, -0.1) is 10.2 Å². The minimum atomic E-state index is -0.243. The number of nitrogens with one attached hydrogen (secondary N) is 1. The van der Waals surface area contributed by atoms with Gasteiger partial charge in [0.2, 0.25) is 0 Å². The van der Waals surface area contributed by atoms with Gasteiger partial charge in [0.15, 0.2) is 5.01 Å². The summed E-state index contributed by atoms with van der Waals surface area (Å²) < 4.78 is 13.9. The van der Waals surface area contributed by atoms with Gasteiger partial charge in [-0.2, -0.15) is 0 Å². The van der Waals surface area contributed by atoms with Crippen LogP contribution < -0.4 is 5.32 Å². The maximum absolute atomic E-state index is 13.9. The van der Waals surface area contributed by atoms with E-state index in [1.54, 1.807) is 6.07 Å². The first kappa shape index (κ1) is 15.1. The van der Waals surface area contributed by atoms with Crippen LogP contribution in [0.1, 0.15) is 43.3 Å². The van der Waals surface area contributed by atoms with Crippen molar-refractivity contribution in [3.05, 3.63) is 34.6 Å². The Morgan fingerprint density at radius 2 is 2.10 bits per heavy atom. The summed E-state index contributed by atoms with van der Waals surface area (Å²) in [7, 11) is 0. The van der Waals surface area contributed by atoms with Gasteiger partial charge >= 0.3 is 0 Å². The zero-order valence-corrected chi connectivity index (χ0v) is 12.9. The molecule has 20 heavy (non-hydrogen) atoms. The SMILES string of the molecule is CCCNC(CC)c1nnc(-c2cc(C)ccc2F)s1. The van der Waals surface area contributed by atoms with Crippen LogP contribution in [0, 0.1) is 12.7 Å². The fourth-order valence-corrected chi connectivity index (χ4v) is 3.03. The van der Waals surface area contributed by atoms with E-state index < -0.39 is 0 Å². The molecule has 0 spiro atoms. The van der Waals surface area contributed by atoms with Crippen molar-refractivity contribution in [3.8, 4) is 10.6 Å². The van der Waals surface area contributed by atoms with Gasteiger partial charge in [0, 0.05) is 5.56 Å². The average molecular weight is 293 g/mol. The summed E-state index contributed by atoms with van der Waals surface area (Å²) in [5, 5.41) is 13.4. The van der Waals surface area contributed by atoms with Gasteiger partial charge in [0.25, 0.3) is 0 Å². The Balaban J connectivity index is 2.25. The molecule has 0 aliphatic rings. The third kappa shape index (κ3) is 3.41. The Morgan fingerprint density at radius 3 is 2.80 bits per heavy atom. The molecule has 0 bridgehead atoms. The molecule has 0 fully saturated rings. The summed E-state index contributed by atoms with van der Waals surface area (Å²) in [6.45, 7) is 7.14. The lowest BCUT2D eigenvalue weighted by Gasteiger charge is -2.12. The summed E-state index contributed by atoms with van der Waals surface area (Å²) in [6, 6.07) is 5.27. The molecule has 0 amide bonds. The lowest BCUT2D eigenvalue weighted by Crippen LogP contribution is -2.21. The minimum absolute atomic E-state index is 0.203. The Morgan fingerprint density at radius 1 is 1.30 bits per heavy atom. The Hall–Kier alpha value is -1.33. The highest BCUT2D eigenvalue weighted by Crippen LogP contribution is 2.30. The molecular formula is C15H20FN3S. The molecule has 1 aromatic heterocycles. The number of hydrogen-bond acceptors (Lipinski definition) is 4. The average Bonchev–Trinajstić information content (AvgIpc) is 2.92. The van der Waals surface area contributed by atoms with E-state index in [0.29, 0.717) is 10.6 Å². The van der Waals surface area contributed by atoms with Gasteiger partial charge in [-0.25, -0.2) is 4.39 Å². The van der Waals surface area contributed by atoms with Crippen LogP contribution in [0.2, 0.25) is 0 Å². The Labute approximate surface area is 123 Å². The first-order valence-corrected chi connectivity index (χ1v) is 7.80. The molecule has 108 valence electrons. The number of nitrogens with zero attached hydrogens (tertiary/aromatic N) is 2. The van der Waals surface area contributed by atoms with E-state index in [1.807, 2.05) is 13.0 Å². The molecule has 1 N–H and O–H groups in total. The van der Waals surface area contributed by atoms with E-state index in [-0.39, 0.29) is 11.9 Å². The second-order valence-electron chi connectivity index (χ2n) is 4.84. The highest BCUT2D eigenvalue weighted by atomic mass is 32.1. The standard InChI is InChI=1S/C15H20FN3S/c1-4-8-17-13(5-2)15-19-18-14(20-15)11-9-10(3)6-7-12(11)16/h6-7,9,13,17H,4-5,8H2,1-3H3. The maximum Gasteiger partial charge on any atom is 0.150 e. The monoisotopic (exact) mass is 293 g/mol. The van der Waals surface area contributed by atoms with E-state index in [2.05, 4.69) is 29.4 Å².